The number of carbonyl (C=O) groups excluding carboxylic acids is 1. The van der Waals surface area contributed by atoms with Crippen molar-refractivity contribution in [1.82, 2.24) is 0 Å². The first kappa shape index (κ1) is 18.4. The largest absolute Gasteiger partial charge is 0.493 e. The second kappa shape index (κ2) is 8.82. The van der Waals surface area contributed by atoms with Gasteiger partial charge in [-0.3, -0.25) is 4.79 Å². The van der Waals surface area contributed by atoms with Gasteiger partial charge in [-0.2, -0.15) is 0 Å². The summed E-state index contributed by atoms with van der Waals surface area (Å²) in [5.41, 5.74) is 1.75. The summed E-state index contributed by atoms with van der Waals surface area (Å²) < 4.78 is 21.3. The van der Waals surface area contributed by atoms with Gasteiger partial charge in [0.1, 0.15) is 5.75 Å². The maximum Gasteiger partial charge on any atom is 0.262 e. The fraction of sp³-hybridized carbons (Fsp3) is 0.316. The van der Waals surface area contributed by atoms with Crippen molar-refractivity contribution >= 4 is 11.6 Å². The van der Waals surface area contributed by atoms with E-state index in [9.17, 15) is 4.79 Å². The van der Waals surface area contributed by atoms with Crippen molar-refractivity contribution in [3.05, 3.63) is 42.0 Å². The van der Waals surface area contributed by atoms with Crippen molar-refractivity contribution in [2.75, 3.05) is 33.3 Å². The Morgan fingerprint density at radius 3 is 2.04 bits per heavy atom. The van der Waals surface area contributed by atoms with E-state index in [0.29, 0.717) is 28.7 Å². The number of amides is 1. The highest BCUT2D eigenvalue weighted by molar-refractivity contribution is 5.92. The van der Waals surface area contributed by atoms with Crippen LogP contribution in [0, 0.1) is 0 Å². The van der Waals surface area contributed by atoms with Gasteiger partial charge in [0, 0.05) is 17.8 Å². The van der Waals surface area contributed by atoms with Crippen LogP contribution in [-0.4, -0.2) is 33.8 Å². The Morgan fingerprint density at radius 2 is 1.56 bits per heavy atom. The monoisotopic (exact) mass is 345 g/mol. The molecule has 0 unspecified atom stereocenters. The van der Waals surface area contributed by atoms with E-state index >= 15 is 0 Å². The SMILES string of the molecule is CCc1ccc(OCC(=O)Nc2cc(OC)c(OC)c(OC)c2)cc1. The van der Waals surface area contributed by atoms with Crippen molar-refractivity contribution in [3.63, 3.8) is 0 Å². The van der Waals surface area contributed by atoms with Gasteiger partial charge in [-0.25, -0.2) is 0 Å². The van der Waals surface area contributed by atoms with Gasteiger partial charge in [0.25, 0.3) is 5.91 Å². The number of anilines is 1. The van der Waals surface area contributed by atoms with E-state index in [1.807, 2.05) is 24.3 Å². The summed E-state index contributed by atoms with van der Waals surface area (Å²) >= 11 is 0. The summed E-state index contributed by atoms with van der Waals surface area (Å²) in [5.74, 6) is 1.77. The molecule has 2 aromatic rings. The third kappa shape index (κ3) is 4.79. The van der Waals surface area contributed by atoms with Gasteiger partial charge >= 0.3 is 0 Å². The second-order valence-electron chi connectivity index (χ2n) is 5.25. The minimum absolute atomic E-state index is 0.0951. The van der Waals surface area contributed by atoms with Gasteiger partial charge in [-0.05, 0) is 24.1 Å². The quantitative estimate of drug-likeness (QED) is 0.795. The third-order valence-electron chi connectivity index (χ3n) is 3.65. The smallest absolute Gasteiger partial charge is 0.262 e. The predicted molar refractivity (Wildman–Crippen MR) is 96.0 cm³/mol. The Hall–Kier alpha value is -2.89. The first-order chi connectivity index (χ1) is 12.1. The van der Waals surface area contributed by atoms with E-state index in [0.717, 1.165) is 6.42 Å². The molecule has 0 bridgehead atoms. The van der Waals surface area contributed by atoms with E-state index in [4.69, 9.17) is 18.9 Å². The van der Waals surface area contributed by atoms with Crippen LogP contribution in [0.15, 0.2) is 36.4 Å². The fourth-order valence-electron chi connectivity index (χ4n) is 2.32. The second-order valence-corrected chi connectivity index (χ2v) is 5.25. The van der Waals surface area contributed by atoms with Gasteiger partial charge in [0.15, 0.2) is 18.1 Å². The number of methoxy groups -OCH3 is 3. The zero-order chi connectivity index (χ0) is 18.2. The lowest BCUT2D eigenvalue weighted by Crippen LogP contribution is -2.20. The van der Waals surface area contributed by atoms with Crippen molar-refractivity contribution in [3.8, 4) is 23.0 Å². The normalized spacial score (nSPS) is 10.1. The lowest BCUT2D eigenvalue weighted by atomic mass is 10.2. The summed E-state index contributed by atoms with van der Waals surface area (Å²) in [4.78, 5) is 12.1. The van der Waals surface area contributed by atoms with Gasteiger partial charge in [0.2, 0.25) is 5.75 Å². The molecular formula is C19H23NO5. The van der Waals surface area contributed by atoms with Crippen molar-refractivity contribution < 1.29 is 23.7 Å². The number of ether oxygens (including phenoxy) is 4. The lowest BCUT2D eigenvalue weighted by molar-refractivity contribution is -0.118. The average molecular weight is 345 g/mol. The molecule has 0 spiro atoms. The van der Waals surface area contributed by atoms with Crippen LogP contribution in [-0.2, 0) is 11.2 Å². The molecule has 6 nitrogen and oxygen atoms in total. The molecule has 6 heteroatoms. The minimum atomic E-state index is -0.283. The molecule has 0 atom stereocenters. The number of hydrogen-bond donors (Lipinski definition) is 1. The number of rotatable bonds is 8. The Kier molecular flexibility index (Phi) is 6.51. The molecule has 2 rings (SSSR count). The number of aryl methyl sites for hydroxylation is 1. The van der Waals surface area contributed by atoms with Gasteiger partial charge in [-0.15, -0.1) is 0 Å². The molecule has 0 aromatic heterocycles. The maximum atomic E-state index is 12.1. The maximum absolute atomic E-state index is 12.1. The highest BCUT2D eigenvalue weighted by Crippen LogP contribution is 2.39. The molecule has 0 aliphatic heterocycles. The number of carbonyl (C=O) groups is 1. The van der Waals surface area contributed by atoms with Crippen LogP contribution >= 0.6 is 0 Å². The van der Waals surface area contributed by atoms with Crippen LogP contribution in [0.25, 0.3) is 0 Å². The Morgan fingerprint density at radius 1 is 0.960 bits per heavy atom. The summed E-state index contributed by atoms with van der Waals surface area (Å²) in [6.45, 7) is 1.99. The number of hydrogen-bond acceptors (Lipinski definition) is 5. The summed E-state index contributed by atoms with van der Waals surface area (Å²) in [6, 6.07) is 11.0. The predicted octanol–water partition coefficient (Wildman–Crippen LogP) is 3.29. The zero-order valence-corrected chi connectivity index (χ0v) is 14.9. The van der Waals surface area contributed by atoms with Crippen LogP contribution in [0.5, 0.6) is 23.0 Å². The van der Waals surface area contributed by atoms with Gasteiger partial charge in [-0.1, -0.05) is 19.1 Å². The van der Waals surface area contributed by atoms with Crippen LogP contribution in [0.1, 0.15) is 12.5 Å². The highest BCUT2D eigenvalue weighted by atomic mass is 16.5. The van der Waals surface area contributed by atoms with Crippen LogP contribution in [0.2, 0.25) is 0 Å². The molecule has 0 saturated carbocycles. The lowest BCUT2D eigenvalue weighted by Gasteiger charge is -2.14. The van der Waals surface area contributed by atoms with E-state index in [1.165, 1.54) is 26.9 Å². The van der Waals surface area contributed by atoms with Gasteiger partial charge < -0.3 is 24.3 Å². The fourth-order valence-corrected chi connectivity index (χ4v) is 2.32. The molecule has 25 heavy (non-hydrogen) atoms. The third-order valence-corrected chi connectivity index (χ3v) is 3.65. The molecule has 2 aromatic carbocycles. The minimum Gasteiger partial charge on any atom is -0.493 e. The number of benzene rings is 2. The molecule has 0 aliphatic carbocycles. The topological polar surface area (TPSA) is 66.0 Å². The molecule has 1 N–H and O–H groups in total. The first-order valence-electron chi connectivity index (χ1n) is 7.92. The van der Waals surface area contributed by atoms with E-state index in [-0.39, 0.29) is 12.5 Å². The Balaban J connectivity index is 2.01. The Bertz CT molecular complexity index is 687. The number of nitrogens with one attached hydrogen (secondary N) is 1. The zero-order valence-electron chi connectivity index (χ0n) is 14.9. The molecule has 0 saturated heterocycles. The standard InChI is InChI=1S/C19H23NO5/c1-5-13-6-8-15(9-7-13)25-12-18(21)20-14-10-16(22-2)19(24-4)17(11-14)23-3/h6-11H,5,12H2,1-4H3,(H,20,21). The molecule has 0 aliphatic rings. The van der Waals surface area contributed by atoms with Crippen LogP contribution in [0.3, 0.4) is 0 Å². The van der Waals surface area contributed by atoms with E-state index in [1.54, 1.807) is 12.1 Å². The van der Waals surface area contributed by atoms with E-state index in [2.05, 4.69) is 12.2 Å². The van der Waals surface area contributed by atoms with Crippen molar-refractivity contribution in [1.29, 1.82) is 0 Å². The first-order valence-corrected chi connectivity index (χ1v) is 7.92. The molecule has 134 valence electrons. The van der Waals surface area contributed by atoms with Crippen LogP contribution < -0.4 is 24.3 Å². The summed E-state index contributed by atoms with van der Waals surface area (Å²) in [7, 11) is 4.56. The van der Waals surface area contributed by atoms with Crippen molar-refractivity contribution in [2.24, 2.45) is 0 Å². The van der Waals surface area contributed by atoms with Gasteiger partial charge in [0.05, 0.1) is 21.3 Å². The molecule has 0 heterocycles. The van der Waals surface area contributed by atoms with E-state index < -0.39 is 0 Å². The molecule has 0 radical (unpaired) electrons. The summed E-state index contributed by atoms with van der Waals surface area (Å²) in [5, 5.41) is 2.76. The summed E-state index contributed by atoms with van der Waals surface area (Å²) in [6.07, 6.45) is 0.960. The van der Waals surface area contributed by atoms with Crippen LogP contribution in [0.4, 0.5) is 5.69 Å². The average Bonchev–Trinajstić information content (AvgIpc) is 2.65. The molecule has 1 amide bonds. The highest BCUT2D eigenvalue weighted by Gasteiger charge is 2.14. The van der Waals surface area contributed by atoms with Crippen molar-refractivity contribution in [2.45, 2.75) is 13.3 Å². The molecular weight excluding hydrogens is 322 g/mol. The molecule has 0 fully saturated rings. The Labute approximate surface area is 147 Å².